The first-order valence-corrected chi connectivity index (χ1v) is 17.9. The van der Waals surface area contributed by atoms with E-state index in [0.717, 1.165) is 77.1 Å². The lowest BCUT2D eigenvalue weighted by molar-refractivity contribution is 0.766. The number of benzene rings is 8. The summed E-state index contributed by atoms with van der Waals surface area (Å²) < 4.78 is 2.32. The summed E-state index contributed by atoms with van der Waals surface area (Å²) in [6, 6.07) is 60.6. The van der Waals surface area contributed by atoms with Crippen LogP contribution in [0.3, 0.4) is 0 Å². The van der Waals surface area contributed by atoms with Gasteiger partial charge in [-0.15, -0.1) is 10.2 Å². The monoisotopic (exact) mass is 691 g/mol. The molecule has 3 aromatic heterocycles. The van der Waals surface area contributed by atoms with E-state index < -0.39 is 0 Å². The van der Waals surface area contributed by atoms with Crippen molar-refractivity contribution in [2.24, 2.45) is 0 Å². The number of para-hydroxylation sites is 3. The molecule has 0 aliphatic carbocycles. The van der Waals surface area contributed by atoms with Crippen LogP contribution in [0.25, 0.3) is 99.9 Å². The lowest BCUT2D eigenvalue weighted by Gasteiger charge is -2.11. The third-order valence-electron chi connectivity index (χ3n) is 10.2. The molecule has 0 N–H and O–H groups in total. The molecule has 0 aliphatic heterocycles. The molecule has 11 aromatic rings. The summed E-state index contributed by atoms with van der Waals surface area (Å²) in [5.74, 6) is 1.84. The third-order valence-corrected chi connectivity index (χ3v) is 10.2. The predicted molar refractivity (Wildman–Crippen MR) is 218 cm³/mol. The lowest BCUT2D eigenvalue weighted by atomic mass is 9.98. The molecule has 0 unspecified atom stereocenters. The minimum Gasteiger partial charge on any atom is -0.309 e. The quantitative estimate of drug-likeness (QED) is 0.168. The maximum Gasteiger partial charge on any atom is 0.164 e. The summed E-state index contributed by atoms with van der Waals surface area (Å²) in [5, 5.41) is 16.5. The van der Waals surface area contributed by atoms with Gasteiger partial charge >= 0.3 is 0 Å². The molecule has 7 heteroatoms. The second-order valence-electron chi connectivity index (χ2n) is 13.5. The Bertz CT molecular complexity index is 3200. The van der Waals surface area contributed by atoms with Gasteiger partial charge in [0.25, 0.3) is 0 Å². The summed E-state index contributed by atoms with van der Waals surface area (Å²) >= 11 is 0. The van der Waals surface area contributed by atoms with Crippen molar-refractivity contribution < 1.29 is 0 Å². The zero-order valence-corrected chi connectivity index (χ0v) is 28.9. The molecular formula is C47H29N7. The van der Waals surface area contributed by atoms with Crippen molar-refractivity contribution in [3.05, 3.63) is 176 Å². The van der Waals surface area contributed by atoms with E-state index in [9.17, 15) is 0 Å². The van der Waals surface area contributed by atoms with Crippen LogP contribution < -0.4 is 0 Å². The summed E-state index contributed by atoms with van der Waals surface area (Å²) in [4.78, 5) is 17.1. The number of aromatic nitrogens is 7. The van der Waals surface area contributed by atoms with Crippen LogP contribution in [-0.2, 0) is 0 Å². The van der Waals surface area contributed by atoms with Crippen molar-refractivity contribution in [2.45, 2.75) is 0 Å². The van der Waals surface area contributed by atoms with Crippen molar-refractivity contribution in [3.8, 4) is 45.5 Å². The zero-order chi connectivity index (χ0) is 35.6. The average molecular weight is 692 g/mol. The molecule has 3 heterocycles. The molecule has 0 radical (unpaired) electrons. The molecule has 0 spiro atoms. The molecule has 0 atom stereocenters. The highest BCUT2D eigenvalue weighted by atomic mass is 15.5. The molecule has 11 rings (SSSR count). The maximum absolute atomic E-state index is 5.18. The van der Waals surface area contributed by atoms with Crippen LogP contribution in [0.5, 0.6) is 0 Å². The van der Waals surface area contributed by atoms with E-state index >= 15 is 0 Å². The van der Waals surface area contributed by atoms with Crippen LogP contribution in [0.4, 0.5) is 0 Å². The molecule has 0 saturated carbocycles. The molecule has 0 saturated heterocycles. The van der Waals surface area contributed by atoms with Gasteiger partial charge in [-0.25, -0.2) is 15.0 Å². The number of hydrogen-bond acceptors (Lipinski definition) is 5. The first-order chi connectivity index (χ1) is 26.7. The van der Waals surface area contributed by atoms with Crippen LogP contribution >= 0.6 is 0 Å². The number of rotatable bonds is 5. The molecule has 0 amide bonds. The van der Waals surface area contributed by atoms with Gasteiger partial charge in [0.1, 0.15) is 11.0 Å². The fraction of sp³-hybridized carbons (Fsp3) is 0. The second-order valence-corrected chi connectivity index (χ2v) is 13.5. The van der Waals surface area contributed by atoms with Crippen LogP contribution in [0.15, 0.2) is 176 Å². The Balaban J connectivity index is 1.11. The topological polar surface area (TPSA) is 74.3 Å². The van der Waals surface area contributed by atoms with Crippen molar-refractivity contribution in [1.82, 2.24) is 34.5 Å². The Hall–Kier alpha value is -7.51. The smallest absolute Gasteiger partial charge is 0.164 e. The number of hydrogen-bond donors (Lipinski definition) is 0. The van der Waals surface area contributed by atoms with Gasteiger partial charge in [0, 0.05) is 38.5 Å². The van der Waals surface area contributed by atoms with Gasteiger partial charge in [-0.2, -0.15) is 4.80 Å². The maximum atomic E-state index is 5.18. The SMILES string of the molecule is c1ccc(-c2nc(-c3ccc4ccc5ccc6nn(-c7ccccc7)nc6c5c4c3)nc(-c3ccc4c(c3)c3ccccc3n4-c3ccccc3)n2)cc1. The molecule has 252 valence electrons. The Morgan fingerprint density at radius 1 is 0.370 bits per heavy atom. The fourth-order valence-corrected chi connectivity index (χ4v) is 7.65. The number of nitrogens with zero attached hydrogens (tertiary/aromatic N) is 7. The van der Waals surface area contributed by atoms with Crippen LogP contribution in [-0.4, -0.2) is 34.5 Å². The molecule has 7 nitrogen and oxygen atoms in total. The average Bonchev–Trinajstić information content (AvgIpc) is 3.84. The van der Waals surface area contributed by atoms with Gasteiger partial charge in [-0.3, -0.25) is 0 Å². The van der Waals surface area contributed by atoms with E-state index in [-0.39, 0.29) is 0 Å². The van der Waals surface area contributed by atoms with Gasteiger partial charge in [-0.05, 0) is 76.8 Å². The van der Waals surface area contributed by atoms with Crippen molar-refractivity contribution in [2.75, 3.05) is 0 Å². The number of fused-ring (bicyclic) bond motifs is 8. The van der Waals surface area contributed by atoms with Gasteiger partial charge in [0.05, 0.1) is 16.7 Å². The summed E-state index contributed by atoms with van der Waals surface area (Å²) in [7, 11) is 0. The van der Waals surface area contributed by atoms with Gasteiger partial charge < -0.3 is 4.57 Å². The highest BCUT2D eigenvalue weighted by molar-refractivity contribution is 6.19. The van der Waals surface area contributed by atoms with Crippen molar-refractivity contribution in [1.29, 1.82) is 0 Å². The molecule has 0 fully saturated rings. The first-order valence-electron chi connectivity index (χ1n) is 17.9. The Kier molecular flexibility index (Phi) is 6.72. The van der Waals surface area contributed by atoms with Gasteiger partial charge in [0.15, 0.2) is 17.5 Å². The molecule has 0 aliphatic rings. The van der Waals surface area contributed by atoms with E-state index in [1.165, 1.54) is 5.39 Å². The van der Waals surface area contributed by atoms with Gasteiger partial charge in [-0.1, -0.05) is 115 Å². The lowest BCUT2D eigenvalue weighted by Crippen LogP contribution is -2.00. The van der Waals surface area contributed by atoms with Crippen LogP contribution in [0, 0.1) is 0 Å². The van der Waals surface area contributed by atoms with Crippen LogP contribution in [0.2, 0.25) is 0 Å². The molecule has 54 heavy (non-hydrogen) atoms. The fourth-order valence-electron chi connectivity index (χ4n) is 7.65. The highest BCUT2D eigenvalue weighted by Crippen LogP contribution is 2.37. The van der Waals surface area contributed by atoms with Crippen LogP contribution in [0.1, 0.15) is 0 Å². The summed E-state index contributed by atoms with van der Waals surface area (Å²) in [5.41, 5.74) is 8.74. The van der Waals surface area contributed by atoms with Gasteiger partial charge in [0.2, 0.25) is 0 Å². The minimum atomic E-state index is 0.602. The predicted octanol–water partition coefficient (Wildman–Crippen LogP) is 11.0. The Labute approximate surface area is 309 Å². The van der Waals surface area contributed by atoms with Crippen molar-refractivity contribution in [3.63, 3.8) is 0 Å². The summed E-state index contributed by atoms with van der Waals surface area (Å²) in [6.07, 6.45) is 0. The van der Waals surface area contributed by atoms with E-state index in [0.29, 0.717) is 17.5 Å². The Morgan fingerprint density at radius 3 is 1.69 bits per heavy atom. The standard InChI is InChI=1S/C47H29N7/c1-4-12-32(13-5-1)45-48-46(50-47(49-45)34-25-27-42-39(29-34)37-18-10-11-19-41(37)53(42)35-14-6-2-7-15-35)33-23-21-30-20-22-31-24-26-40-44(43(31)38(30)28-33)52-54(51-40)36-16-8-3-9-17-36/h1-29H. The molecule has 8 aromatic carbocycles. The molecule has 0 bridgehead atoms. The largest absolute Gasteiger partial charge is 0.309 e. The Morgan fingerprint density at radius 2 is 0.926 bits per heavy atom. The zero-order valence-electron chi connectivity index (χ0n) is 28.9. The second kappa shape index (κ2) is 12.0. The van der Waals surface area contributed by atoms with E-state index in [1.807, 2.05) is 72.8 Å². The van der Waals surface area contributed by atoms with E-state index in [1.54, 1.807) is 4.80 Å². The highest BCUT2D eigenvalue weighted by Gasteiger charge is 2.18. The normalized spacial score (nSPS) is 11.7. The third kappa shape index (κ3) is 4.87. The van der Waals surface area contributed by atoms with E-state index in [4.69, 9.17) is 25.1 Å². The summed E-state index contributed by atoms with van der Waals surface area (Å²) in [6.45, 7) is 0. The minimum absolute atomic E-state index is 0.602. The van der Waals surface area contributed by atoms with Crippen molar-refractivity contribution >= 4 is 54.4 Å². The first kappa shape index (κ1) is 30.1. The molecular weight excluding hydrogens is 663 g/mol. The van der Waals surface area contributed by atoms with E-state index in [2.05, 4.69) is 108 Å².